The van der Waals surface area contributed by atoms with Crippen molar-refractivity contribution in [1.82, 2.24) is 9.62 Å². The average Bonchev–Trinajstić information content (AvgIpc) is 3.36. The Kier molecular flexibility index (Phi) is 7.67. The zero-order valence-corrected chi connectivity index (χ0v) is 20.4. The lowest BCUT2D eigenvalue weighted by molar-refractivity contribution is -0.120. The van der Waals surface area contributed by atoms with E-state index in [0.29, 0.717) is 29.9 Å². The van der Waals surface area contributed by atoms with E-state index in [9.17, 15) is 18.0 Å². The Morgan fingerprint density at radius 1 is 1.03 bits per heavy atom. The Bertz CT molecular complexity index is 1280. The van der Waals surface area contributed by atoms with E-state index in [1.54, 1.807) is 36.4 Å². The highest BCUT2D eigenvalue weighted by Gasteiger charge is 2.31. The van der Waals surface area contributed by atoms with Gasteiger partial charge in [0.25, 0.3) is 5.91 Å². The molecule has 1 aromatic heterocycles. The van der Waals surface area contributed by atoms with Gasteiger partial charge in [0.1, 0.15) is 5.76 Å². The number of nitrogens with zero attached hydrogens (tertiary/aromatic N) is 1. The number of aryl methyl sites for hydroxylation is 1. The van der Waals surface area contributed by atoms with Gasteiger partial charge in [-0.2, -0.15) is 0 Å². The van der Waals surface area contributed by atoms with E-state index in [2.05, 4.69) is 10.6 Å². The fourth-order valence-corrected chi connectivity index (χ4v) is 5.75. The molecule has 9 heteroatoms. The Hall–Kier alpha value is -3.43. The Balaban J connectivity index is 1.33. The summed E-state index contributed by atoms with van der Waals surface area (Å²) in [7, 11) is -3.46. The summed E-state index contributed by atoms with van der Waals surface area (Å²) in [6.45, 7) is 2.75. The van der Waals surface area contributed by atoms with Crippen molar-refractivity contribution in [2.75, 3.05) is 18.4 Å². The fraction of sp³-hybridized carbons (Fsp3) is 0.308. The summed E-state index contributed by atoms with van der Waals surface area (Å²) < 4.78 is 32.4. The van der Waals surface area contributed by atoms with E-state index in [4.69, 9.17) is 4.42 Å². The summed E-state index contributed by atoms with van der Waals surface area (Å²) in [4.78, 5) is 25.6. The summed E-state index contributed by atoms with van der Waals surface area (Å²) in [5, 5.41) is 5.65. The molecule has 2 amide bonds. The second-order valence-electron chi connectivity index (χ2n) is 8.72. The van der Waals surface area contributed by atoms with Crippen LogP contribution in [-0.2, 0) is 27.1 Å². The molecule has 0 aliphatic carbocycles. The van der Waals surface area contributed by atoms with E-state index in [1.165, 1.54) is 10.6 Å². The highest BCUT2D eigenvalue weighted by atomic mass is 32.2. The lowest BCUT2D eigenvalue weighted by Crippen LogP contribution is -2.42. The fourth-order valence-electron chi connectivity index (χ4n) is 4.20. The standard InChI is InChI=1S/C26H29N3O5S/c1-19-6-4-7-20(16-19)18-35(32,33)29-13-11-21(12-14-29)25(30)28-24-10-3-2-9-23(24)26(31)27-17-22-8-5-15-34-22/h2-10,15-16,21H,11-14,17-18H2,1H3,(H,27,31)(H,28,30). The molecule has 0 radical (unpaired) electrons. The number of piperidine rings is 1. The predicted molar refractivity (Wildman–Crippen MR) is 133 cm³/mol. The van der Waals surface area contributed by atoms with Gasteiger partial charge in [-0.1, -0.05) is 42.0 Å². The third-order valence-electron chi connectivity index (χ3n) is 6.08. The molecule has 0 spiro atoms. The maximum absolute atomic E-state index is 12.9. The molecule has 0 atom stereocenters. The highest BCUT2D eigenvalue weighted by molar-refractivity contribution is 7.88. The van der Waals surface area contributed by atoms with Crippen LogP contribution in [0.5, 0.6) is 0 Å². The number of sulfonamides is 1. The molecule has 0 bridgehead atoms. The molecule has 4 rings (SSSR count). The van der Waals surface area contributed by atoms with Crippen LogP contribution in [0.15, 0.2) is 71.3 Å². The minimum absolute atomic E-state index is 0.0496. The Morgan fingerprint density at radius 2 is 1.80 bits per heavy atom. The minimum Gasteiger partial charge on any atom is -0.467 e. The zero-order valence-electron chi connectivity index (χ0n) is 19.6. The maximum atomic E-state index is 12.9. The van der Waals surface area contributed by atoms with E-state index in [1.807, 2.05) is 31.2 Å². The Morgan fingerprint density at radius 3 is 2.51 bits per heavy atom. The van der Waals surface area contributed by atoms with Crippen molar-refractivity contribution in [2.45, 2.75) is 32.1 Å². The van der Waals surface area contributed by atoms with Crippen LogP contribution in [0.2, 0.25) is 0 Å². The first kappa shape index (κ1) is 24.7. The van der Waals surface area contributed by atoms with Crippen LogP contribution in [0.1, 0.15) is 40.1 Å². The van der Waals surface area contributed by atoms with Crippen LogP contribution in [-0.4, -0.2) is 37.6 Å². The molecule has 2 heterocycles. The molecule has 3 aromatic rings. The first-order valence-electron chi connectivity index (χ1n) is 11.6. The number of carbonyl (C=O) groups excluding carboxylic acids is 2. The third kappa shape index (κ3) is 6.37. The lowest BCUT2D eigenvalue weighted by atomic mass is 9.97. The first-order chi connectivity index (χ1) is 16.8. The van der Waals surface area contributed by atoms with Crippen molar-refractivity contribution >= 4 is 27.5 Å². The van der Waals surface area contributed by atoms with Crippen LogP contribution < -0.4 is 10.6 Å². The molecule has 0 saturated carbocycles. The molecule has 2 aromatic carbocycles. The number of hydrogen-bond acceptors (Lipinski definition) is 5. The van der Waals surface area contributed by atoms with Crippen LogP contribution >= 0.6 is 0 Å². The molecule has 1 aliphatic heterocycles. The average molecular weight is 496 g/mol. The van der Waals surface area contributed by atoms with Crippen LogP contribution in [0.25, 0.3) is 0 Å². The van der Waals surface area contributed by atoms with Gasteiger partial charge in [-0.25, -0.2) is 12.7 Å². The van der Waals surface area contributed by atoms with Gasteiger partial charge < -0.3 is 15.1 Å². The topological polar surface area (TPSA) is 109 Å². The normalized spacial score (nSPS) is 15.0. The van der Waals surface area contributed by atoms with E-state index >= 15 is 0 Å². The molecule has 35 heavy (non-hydrogen) atoms. The molecule has 184 valence electrons. The molecular formula is C26H29N3O5S. The number of furan rings is 1. The predicted octanol–water partition coefficient (Wildman–Crippen LogP) is 3.70. The SMILES string of the molecule is Cc1cccc(CS(=O)(=O)N2CCC(C(=O)Nc3ccccc3C(=O)NCc3ccco3)CC2)c1. The van der Waals surface area contributed by atoms with E-state index < -0.39 is 10.0 Å². The van der Waals surface area contributed by atoms with Gasteiger partial charge in [-0.05, 0) is 49.6 Å². The maximum Gasteiger partial charge on any atom is 0.253 e. The van der Waals surface area contributed by atoms with Crippen molar-refractivity contribution in [3.8, 4) is 0 Å². The number of para-hydroxylation sites is 1. The number of hydrogen-bond donors (Lipinski definition) is 2. The van der Waals surface area contributed by atoms with Crippen LogP contribution in [0.3, 0.4) is 0 Å². The number of nitrogens with one attached hydrogen (secondary N) is 2. The van der Waals surface area contributed by atoms with Gasteiger partial charge in [0, 0.05) is 19.0 Å². The minimum atomic E-state index is -3.46. The van der Waals surface area contributed by atoms with Gasteiger partial charge in [-0.15, -0.1) is 0 Å². The summed E-state index contributed by atoms with van der Waals surface area (Å²) in [5.74, 6) is -0.295. The van der Waals surface area contributed by atoms with Crippen molar-refractivity contribution in [3.63, 3.8) is 0 Å². The summed E-state index contributed by atoms with van der Waals surface area (Å²) in [5.41, 5.74) is 2.55. The van der Waals surface area contributed by atoms with Gasteiger partial charge in [-0.3, -0.25) is 9.59 Å². The summed E-state index contributed by atoms with van der Waals surface area (Å²) >= 11 is 0. The largest absolute Gasteiger partial charge is 0.467 e. The second kappa shape index (κ2) is 10.9. The first-order valence-corrected chi connectivity index (χ1v) is 13.2. The van der Waals surface area contributed by atoms with Crippen LogP contribution in [0.4, 0.5) is 5.69 Å². The van der Waals surface area contributed by atoms with Gasteiger partial charge in [0.2, 0.25) is 15.9 Å². The van der Waals surface area contributed by atoms with Crippen molar-refractivity contribution in [3.05, 3.63) is 89.4 Å². The monoisotopic (exact) mass is 495 g/mol. The summed E-state index contributed by atoms with van der Waals surface area (Å²) in [6, 6.07) is 17.8. The van der Waals surface area contributed by atoms with Gasteiger partial charge in [0.05, 0.1) is 29.8 Å². The summed E-state index contributed by atoms with van der Waals surface area (Å²) in [6.07, 6.45) is 2.38. The molecule has 2 N–H and O–H groups in total. The smallest absolute Gasteiger partial charge is 0.253 e. The van der Waals surface area contributed by atoms with E-state index in [-0.39, 0.29) is 43.1 Å². The number of anilines is 1. The molecule has 8 nitrogen and oxygen atoms in total. The van der Waals surface area contributed by atoms with Crippen LogP contribution in [0, 0.1) is 12.8 Å². The second-order valence-corrected chi connectivity index (χ2v) is 10.7. The van der Waals surface area contributed by atoms with E-state index in [0.717, 1.165) is 11.1 Å². The molecule has 1 fully saturated rings. The number of benzene rings is 2. The van der Waals surface area contributed by atoms with Crippen molar-refractivity contribution in [2.24, 2.45) is 5.92 Å². The molecule has 1 aliphatic rings. The third-order valence-corrected chi connectivity index (χ3v) is 7.93. The lowest BCUT2D eigenvalue weighted by Gasteiger charge is -2.30. The number of rotatable bonds is 8. The van der Waals surface area contributed by atoms with Crippen molar-refractivity contribution in [1.29, 1.82) is 0 Å². The number of amides is 2. The van der Waals surface area contributed by atoms with Gasteiger partial charge >= 0.3 is 0 Å². The number of carbonyl (C=O) groups is 2. The zero-order chi connectivity index (χ0) is 24.8. The highest BCUT2D eigenvalue weighted by Crippen LogP contribution is 2.24. The van der Waals surface area contributed by atoms with Crippen molar-refractivity contribution < 1.29 is 22.4 Å². The quantitative estimate of drug-likeness (QED) is 0.495. The van der Waals surface area contributed by atoms with Gasteiger partial charge in [0.15, 0.2) is 0 Å². The molecular weight excluding hydrogens is 466 g/mol. The Labute approximate surface area is 205 Å². The molecule has 1 saturated heterocycles. The molecule has 0 unspecified atom stereocenters.